The zero-order valence-electron chi connectivity index (χ0n) is 17.4. The summed E-state index contributed by atoms with van der Waals surface area (Å²) < 4.78 is 18.1. The van der Waals surface area contributed by atoms with Gasteiger partial charge in [-0.1, -0.05) is 6.92 Å². The summed E-state index contributed by atoms with van der Waals surface area (Å²) in [4.78, 5) is 5.40. The fourth-order valence-corrected chi connectivity index (χ4v) is 4.08. The largest absolute Gasteiger partial charge is 0.494 e. The Balaban J connectivity index is 1.56. The van der Waals surface area contributed by atoms with Crippen LogP contribution in [-0.4, -0.2) is 38.8 Å². The summed E-state index contributed by atoms with van der Waals surface area (Å²) in [5.74, 6) is 1.51. The first-order valence-corrected chi connectivity index (χ1v) is 10.4. The molecule has 156 valence electrons. The summed E-state index contributed by atoms with van der Waals surface area (Å²) in [5.41, 5.74) is 2.94. The minimum absolute atomic E-state index is 0.0460. The predicted molar refractivity (Wildman–Crippen MR) is 118 cm³/mol. The molecular weight excluding hydrogens is 400 g/mol. The van der Waals surface area contributed by atoms with Gasteiger partial charge in [-0.05, 0) is 48.2 Å². The maximum Gasteiger partial charge on any atom is 0.153 e. The maximum absolute atomic E-state index is 5.54. The van der Waals surface area contributed by atoms with Crippen LogP contribution in [-0.2, 0) is 11.8 Å². The van der Waals surface area contributed by atoms with Crippen LogP contribution in [0.4, 0.5) is 5.69 Å². The number of benzene rings is 1. The van der Waals surface area contributed by atoms with Crippen LogP contribution in [0.1, 0.15) is 25.0 Å². The lowest BCUT2D eigenvalue weighted by Crippen LogP contribution is -2.03. The van der Waals surface area contributed by atoms with Crippen molar-refractivity contribution >= 4 is 28.5 Å². The van der Waals surface area contributed by atoms with Gasteiger partial charge in [0.2, 0.25) is 0 Å². The van der Waals surface area contributed by atoms with Crippen molar-refractivity contribution in [1.82, 2.24) is 24.5 Å². The fraction of sp³-hybridized carbons (Fsp3) is 0.286. The normalized spacial score (nSPS) is 12.3. The molecule has 0 amide bonds. The van der Waals surface area contributed by atoms with E-state index >= 15 is 0 Å². The van der Waals surface area contributed by atoms with Crippen molar-refractivity contribution < 1.29 is 9.47 Å². The van der Waals surface area contributed by atoms with Crippen molar-refractivity contribution in [2.75, 3.05) is 18.9 Å². The second kappa shape index (κ2) is 8.76. The molecule has 0 aliphatic rings. The summed E-state index contributed by atoms with van der Waals surface area (Å²) in [6, 6.07) is 7.91. The average molecular weight is 425 g/mol. The van der Waals surface area contributed by atoms with E-state index in [1.807, 2.05) is 48.4 Å². The molecule has 1 atom stereocenters. The number of aryl methyl sites for hydroxylation is 1. The van der Waals surface area contributed by atoms with E-state index in [1.165, 1.54) is 11.9 Å². The molecule has 0 saturated heterocycles. The first-order valence-electron chi connectivity index (χ1n) is 9.60. The van der Waals surface area contributed by atoms with Gasteiger partial charge in [-0.25, -0.2) is 9.67 Å². The molecule has 0 aliphatic carbocycles. The molecule has 1 aromatic carbocycles. The molecule has 30 heavy (non-hydrogen) atoms. The summed E-state index contributed by atoms with van der Waals surface area (Å²) in [7, 11) is 5.30. The molecule has 9 heteroatoms. The van der Waals surface area contributed by atoms with Gasteiger partial charge in [0, 0.05) is 31.9 Å². The number of hydrogen-bond acceptors (Lipinski definition) is 7. The van der Waals surface area contributed by atoms with E-state index in [0.717, 1.165) is 45.0 Å². The highest BCUT2D eigenvalue weighted by Gasteiger charge is 2.14. The Hall–Kier alpha value is -3.04. The zero-order chi connectivity index (χ0) is 21.1. The van der Waals surface area contributed by atoms with Gasteiger partial charge in [0.25, 0.3) is 0 Å². The standard InChI is InChI=1S/C21H24N6O2S/c1-5-17(28-3)14-8-9-22-19(10-14)27-13-16(12-24-27)30-25-20-18(29-4)7-6-15-11-23-26(2)21(15)20/h6-13,17,25H,5H2,1-4H3. The van der Waals surface area contributed by atoms with Gasteiger partial charge in [-0.2, -0.15) is 10.2 Å². The van der Waals surface area contributed by atoms with Gasteiger partial charge in [-0.3, -0.25) is 4.68 Å². The maximum atomic E-state index is 5.54. The molecule has 3 heterocycles. The molecule has 0 saturated carbocycles. The third-order valence-corrected chi connectivity index (χ3v) is 5.70. The number of fused-ring (bicyclic) bond motifs is 1. The highest BCUT2D eigenvalue weighted by molar-refractivity contribution is 8.00. The first kappa shape index (κ1) is 20.2. The molecule has 0 aliphatic heterocycles. The van der Waals surface area contributed by atoms with E-state index in [4.69, 9.17) is 9.47 Å². The fourth-order valence-electron chi connectivity index (χ4n) is 3.41. The van der Waals surface area contributed by atoms with E-state index < -0.39 is 0 Å². The van der Waals surface area contributed by atoms with Crippen LogP contribution in [0.25, 0.3) is 16.7 Å². The molecule has 1 N–H and O–H groups in total. The summed E-state index contributed by atoms with van der Waals surface area (Å²) in [6.07, 6.45) is 8.30. The Morgan fingerprint density at radius 1 is 1.17 bits per heavy atom. The minimum atomic E-state index is 0.0460. The molecule has 0 fully saturated rings. The van der Waals surface area contributed by atoms with Gasteiger partial charge in [0.15, 0.2) is 5.82 Å². The SMILES string of the molecule is CCC(OC)c1ccnc(-n2cc(SNc3c(OC)ccc4cnn(C)c34)cn2)c1. The van der Waals surface area contributed by atoms with Gasteiger partial charge in [0.1, 0.15) is 11.4 Å². The Bertz CT molecular complexity index is 1150. The topological polar surface area (TPSA) is 79.0 Å². The van der Waals surface area contributed by atoms with Gasteiger partial charge < -0.3 is 14.2 Å². The lowest BCUT2D eigenvalue weighted by Gasteiger charge is -2.13. The number of methoxy groups -OCH3 is 2. The van der Waals surface area contributed by atoms with Crippen LogP contribution >= 0.6 is 11.9 Å². The molecule has 0 spiro atoms. The third kappa shape index (κ3) is 3.86. The van der Waals surface area contributed by atoms with E-state index in [9.17, 15) is 0 Å². The Labute approximate surface area is 179 Å². The van der Waals surface area contributed by atoms with Crippen molar-refractivity contribution in [1.29, 1.82) is 0 Å². The number of pyridine rings is 1. The van der Waals surface area contributed by atoms with Crippen LogP contribution in [0, 0.1) is 0 Å². The highest BCUT2D eigenvalue weighted by atomic mass is 32.2. The zero-order valence-corrected chi connectivity index (χ0v) is 18.2. The van der Waals surface area contributed by atoms with E-state index in [1.54, 1.807) is 31.3 Å². The monoisotopic (exact) mass is 424 g/mol. The molecular formula is C21H24N6O2S. The summed E-state index contributed by atoms with van der Waals surface area (Å²) >= 11 is 1.46. The number of nitrogens with one attached hydrogen (secondary N) is 1. The van der Waals surface area contributed by atoms with E-state index in [2.05, 4.69) is 26.8 Å². The molecule has 4 rings (SSSR count). The van der Waals surface area contributed by atoms with Crippen LogP contribution in [0.5, 0.6) is 5.75 Å². The van der Waals surface area contributed by atoms with E-state index in [0.29, 0.717) is 0 Å². The second-order valence-corrected chi connectivity index (χ2v) is 7.63. The third-order valence-electron chi connectivity index (χ3n) is 4.95. The predicted octanol–water partition coefficient (Wildman–Crippen LogP) is 4.38. The van der Waals surface area contributed by atoms with Gasteiger partial charge in [0.05, 0.1) is 36.0 Å². The van der Waals surface area contributed by atoms with Crippen molar-refractivity contribution in [3.8, 4) is 11.6 Å². The molecule has 4 aromatic rings. The summed E-state index contributed by atoms with van der Waals surface area (Å²) in [5, 5.41) is 9.85. The molecule has 3 aromatic heterocycles. The van der Waals surface area contributed by atoms with Gasteiger partial charge in [-0.15, -0.1) is 0 Å². The molecule has 0 bridgehead atoms. The lowest BCUT2D eigenvalue weighted by atomic mass is 10.1. The molecule has 1 unspecified atom stereocenters. The van der Waals surface area contributed by atoms with Crippen molar-refractivity contribution in [2.45, 2.75) is 24.3 Å². The number of anilines is 1. The first-order chi connectivity index (χ1) is 14.6. The van der Waals surface area contributed by atoms with Crippen molar-refractivity contribution in [3.05, 3.63) is 54.6 Å². The average Bonchev–Trinajstić information content (AvgIpc) is 3.40. The quantitative estimate of drug-likeness (QED) is 0.421. The number of nitrogens with zero attached hydrogens (tertiary/aromatic N) is 5. The Morgan fingerprint density at radius 2 is 2.03 bits per heavy atom. The molecule has 8 nitrogen and oxygen atoms in total. The van der Waals surface area contributed by atoms with Gasteiger partial charge >= 0.3 is 0 Å². The van der Waals surface area contributed by atoms with Crippen molar-refractivity contribution in [2.24, 2.45) is 7.05 Å². The second-order valence-electron chi connectivity index (χ2n) is 6.75. The van der Waals surface area contributed by atoms with Crippen molar-refractivity contribution in [3.63, 3.8) is 0 Å². The molecule has 0 radical (unpaired) electrons. The number of aromatic nitrogens is 5. The van der Waals surface area contributed by atoms with Crippen LogP contribution < -0.4 is 9.46 Å². The van der Waals surface area contributed by atoms with E-state index in [-0.39, 0.29) is 6.10 Å². The number of hydrogen-bond donors (Lipinski definition) is 1. The Kier molecular flexibility index (Phi) is 5.91. The van der Waals surface area contributed by atoms with Crippen LogP contribution in [0.2, 0.25) is 0 Å². The van der Waals surface area contributed by atoms with Crippen LogP contribution in [0.3, 0.4) is 0 Å². The lowest BCUT2D eigenvalue weighted by molar-refractivity contribution is 0.0999. The summed E-state index contributed by atoms with van der Waals surface area (Å²) in [6.45, 7) is 2.10. The smallest absolute Gasteiger partial charge is 0.153 e. The highest BCUT2D eigenvalue weighted by Crippen LogP contribution is 2.36. The minimum Gasteiger partial charge on any atom is -0.494 e. The number of rotatable bonds is 8. The Morgan fingerprint density at radius 3 is 2.80 bits per heavy atom. The van der Waals surface area contributed by atoms with Crippen LogP contribution in [0.15, 0.2) is 53.9 Å². The number of ether oxygens (including phenoxy) is 2.